The Morgan fingerprint density at radius 2 is 1.95 bits per heavy atom. The van der Waals surface area contributed by atoms with Crippen LogP contribution in [-0.4, -0.2) is 18.5 Å². The Kier molecular flexibility index (Phi) is 4.96. The average Bonchev–Trinajstić information content (AvgIpc) is 2.99. The Morgan fingerprint density at radius 1 is 1.20 bits per heavy atom. The van der Waals surface area contributed by atoms with Crippen LogP contribution in [0, 0.1) is 0 Å². The Bertz CT molecular complexity index is 523. The number of carbonyl (C=O) groups excluding carboxylic acids is 1. The first-order valence-electron chi connectivity index (χ1n) is 6.84. The fraction of sp³-hybridized carbons (Fsp3) is 0.312. The van der Waals surface area contributed by atoms with Gasteiger partial charge in [-0.25, -0.2) is 0 Å². The van der Waals surface area contributed by atoms with E-state index in [0.717, 1.165) is 11.3 Å². The SMILES string of the molecule is CCNC(=O)[C@@H](C)N[C@H](c1ccccc1)c1ccco1. The van der Waals surface area contributed by atoms with Gasteiger partial charge in [-0.3, -0.25) is 10.1 Å². The maximum atomic E-state index is 11.9. The van der Waals surface area contributed by atoms with Gasteiger partial charge in [0.25, 0.3) is 0 Å². The summed E-state index contributed by atoms with van der Waals surface area (Å²) in [5.74, 6) is 0.785. The first-order chi connectivity index (χ1) is 9.72. The summed E-state index contributed by atoms with van der Waals surface area (Å²) in [6, 6.07) is 13.3. The van der Waals surface area contributed by atoms with Crippen molar-refractivity contribution < 1.29 is 9.21 Å². The van der Waals surface area contributed by atoms with Crippen LogP contribution in [0.4, 0.5) is 0 Å². The number of amides is 1. The highest BCUT2D eigenvalue weighted by molar-refractivity contribution is 5.81. The molecule has 0 unspecified atom stereocenters. The molecule has 2 aromatic rings. The lowest BCUT2D eigenvalue weighted by molar-refractivity contribution is -0.122. The minimum atomic E-state index is -0.301. The molecule has 4 heteroatoms. The summed E-state index contributed by atoms with van der Waals surface area (Å²) in [6.45, 7) is 4.39. The van der Waals surface area contributed by atoms with Gasteiger partial charge in [0.2, 0.25) is 5.91 Å². The van der Waals surface area contributed by atoms with Crippen LogP contribution in [0.15, 0.2) is 53.1 Å². The standard InChI is InChI=1S/C16H20N2O2/c1-3-17-16(19)12(2)18-15(14-10-7-11-20-14)13-8-5-4-6-9-13/h4-12,15,18H,3H2,1-2H3,(H,17,19)/t12-,15-/m1/s1. The van der Waals surface area contributed by atoms with Gasteiger partial charge < -0.3 is 9.73 Å². The summed E-state index contributed by atoms with van der Waals surface area (Å²) in [7, 11) is 0. The molecule has 1 aromatic carbocycles. The highest BCUT2D eigenvalue weighted by atomic mass is 16.3. The maximum Gasteiger partial charge on any atom is 0.236 e. The smallest absolute Gasteiger partial charge is 0.236 e. The molecule has 1 aromatic heterocycles. The van der Waals surface area contributed by atoms with Gasteiger partial charge in [0, 0.05) is 6.54 Å². The van der Waals surface area contributed by atoms with Crippen molar-refractivity contribution in [2.45, 2.75) is 25.9 Å². The number of furan rings is 1. The summed E-state index contributed by atoms with van der Waals surface area (Å²) in [6.07, 6.45) is 1.64. The molecular formula is C16H20N2O2. The second-order valence-electron chi connectivity index (χ2n) is 4.64. The zero-order valence-electron chi connectivity index (χ0n) is 11.8. The van der Waals surface area contributed by atoms with E-state index in [1.165, 1.54) is 0 Å². The van der Waals surface area contributed by atoms with Crippen LogP contribution in [0.5, 0.6) is 0 Å². The second kappa shape index (κ2) is 6.91. The van der Waals surface area contributed by atoms with Gasteiger partial charge in [0.05, 0.1) is 18.3 Å². The van der Waals surface area contributed by atoms with Gasteiger partial charge in [-0.05, 0) is 31.5 Å². The van der Waals surface area contributed by atoms with Gasteiger partial charge in [0.15, 0.2) is 0 Å². The van der Waals surface area contributed by atoms with Gasteiger partial charge in [0.1, 0.15) is 5.76 Å². The largest absolute Gasteiger partial charge is 0.467 e. The Morgan fingerprint density at radius 3 is 2.55 bits per heavy atom. The highest BCUT2D eigenvalue weighted by Gasteiger charge is 2.21. The number of hydrogen-bond donors (Lipinski definition) is 2. The minimum absolute atomic E-state index is 0.0139. The van der Waals surface area contributed by atoms with E-state index in [9.17, 15) is 4.79 Å². The van der Waals surface area contributed by atoms with Crippen molar-refractivity contribution in [1.29, 1.82) is 0 Å². The predicted octanol–water partition coefficient (Wildman–Crippen LogP) is 2.48. The summed E-state index contributed by atoms with van der Waals surface area (Å²) in [5.41, 5.74) is 1.07. The summed E-state index contributed by atoms with van der Waals surface area (Å²) >= 11 is 0. The lowest BCUT2D eigenvalue weighted by Gasteiger charge is -2.21. The quantitative estimate of drug-likeness (QED) is 0.849. The fourth-order valence-electron chi connectivity index (χ4n) is 2.10. The molecule has 0 aliphatic heterocycles. The molecule has 0 saturated heterocycles. The molecule has 0 aliphatic rings. The number of hydrogen-bond acceptors (Lipinski definition) is 3. The van der Waals surface area contributed by atoms with Crippen LogP contribution in [0.1, 0.15) is 31.2 Å². The maximum absolute atomic E-state index is 11.9. The molecule has 0 saturated carbocycles. The number of carbonyl (C=O) groups is 1. The van der Waals surface area contributed by atoms with E-state index >= 15 is 0 Å². The average molecular weight is 272 g/mol. The Hall–Kier alpha value is -2.07. The topological polar surface area (TPSA) is 54.3 Å². The van der Waals surface area contributed by atoms with E-state index in [4.69, 9.17) is 4.42 Å². The van der Waals surface area contributed by atoms with Crippen LogP contribution < -0.4 is 10.6 Å². The third kappa shape index (κ3) is 3.48. The number of rotatable bonds is 6. The molecule has 0 aliphatic carbocycles. The monoisotopic (exact) mass is 272 g/mol. The molecule has 2 atom stereocenters. The number of nitrogens with one attached hydrogen (secondary N) is 2. The molecule has 1 amide bonds. The lowest BCUT2D eigenvalue weighted by Crippen LogP contribution is -2.43. The highest BCUT2D eigenvalue weighted by Crippen LogP contribution is 2.22. The van der Waals surface area contributed by atoms with Crippen LogP contribution in [0.3, 0.4) is 0 Å². The summed E-state index contributed by atoms with van der Waals surface area (Å²) in [4.78, 5) is 11.9. The zero-order valence-corrected chi connectivity index (χ0v) is 11.8. The van der Waals surface area contributed by atoms with Gasteiger partial charge in [-0.15, -0.1) is 0 Å². The fourth-order valence-corrected chi connectivity index (χ4v) is 2.10. The predicted molar refractivity (Wildman–Crippen MR) is 78.3 cm³/mol. The van der Waals surface area contributed by atoms with E-state index in [1.807, 2.05) is 56.3 Å². The Balaban J connectivity index is 2.18. The molecule has 20 heavy (non-hydrogen) atoms. The number of benzene rings is 1. The van der Waals surface area contributed by atoms with Crippen molar-refractivity contribution in [1.82, 2.24) is 10.6 Å². The zero-order chi connectivity index (χ0) is 14.4. The van der Waals surface area contributed by atoms with E-state index < -0.39 is 0 Å². The molecule has 4 nitrogen and oxygen atoms in total. The molecular weight excluding hydrogens is 252 g/mol. The number of likely N-dealkylation sites (N-methyl/N-ethyl adjacent to an activating group) is 1. The van der Waals surface area contributed by atoms with E-state index in [-0.39, 0.29) is 18.0 Å². The summed E-state index contributed by atoms with van der Waals surface area (Å²) < 4.78 is 5.50. The second-order valence-corrected chi connectivity index (χ2v) is 4.64. The third-order valence-corrected chi connectivity index (χ3v) is 3.12. The van der Waals surface area contributed by atoms with Crippen molar-refractivity contribution >= 4 is 5.91 Å². The van der Waals surface area contributed by atoms with E-state index in [2.05, 4.69) is 10.6 Å². The van der Waals surface area contributed by atoms with Gasteiger partial charge >= 0.3 is 0 Å². The first-order valence-corrected chi connectivity index (χ1v) is 6.84. The molecule has 2 N–H and O–H groups in total. The van der Waals surface area contributed by atoms with E-state index in [0.29, 0.717) is 6.54 Å². The van der Waals surface area contributed by atoms with Crippen molar-refractivity contribution in [2.75, 3.05) is 6.54 Å². The first kappa shape index (κ1) is 14.3. The minimum Gasteiger partial charge on any atom is -0.467 e. The van der Waals surface area contributed by atoms with Crippen LogP contribution in [0.2, 0.25) is 0 Å². The summed E-state index contributed by atoms with van der Waals surface area (Å²) in [5, 5.41) is 6.13. The molecule has 1 heterocycles. The lowest BCUT2D eigenvalue weighted by atomic mass is 10.0. The van der Waals surface area contributed by atoms with Crippen LogP contribution in [0.25, 0.3) is 0 Å². The molecule has 0 bridgehead atoms. The molecule has 0 spiro atoms. The van der Waals surface area contributed by atoms with Gasteiger partial charge in [-0.1, -0.05) is 30.3 Å². The van der Waals surface area contributed by atoms with Crippen molar-refractivity contribution in [3.8, 4) is 0 Å². The Labute approximate surface area is 119 Å². The van der Waals surface area contributed by atoms with Crippen molar-refractivity contribution in [2.24, 2.45) is 0 Å². The van der Waals surface area contributed by atoms with Crippen molar-refractivity contribution in [3.05, 3.63) is 60.1 Å². The van der Waals surface area contributed by atoms with E-state index in [1.54, 1.807) is 6.26 Å². The molecule has 106 valence electrons. The normalized spacial score (nSPS) is 13.7. The molecule has 0 radical (unpaired) electrons. The third-order valence-electron chi connectivity index (χ3n) is 3.12. The van der Waals surface area contributed by atoms with Crippen LogP contribution >= 0.6 is 0 Å². The van der Waals surface area contributed by atoms with Crippen molar-refractivity contribution in [3.63, 3.8) is 0 Å². The molecule has 0 fully saturated rings. The van der Waals surface area contributed by atoms with Gasteiger partial charge in [-0.2, -0.15) is 0 Å². The molecule has 2 rings (SSSR count). The van der Waals surface area contributed by atoms with Crippen LogP contribution in [-0.2, 0) is 4.79 Å².